The Balaban J connectivity index is 1.61. The summed E-state index contributed by atoms with van der Waals surface area (Å²) in [6, 6.07) is 5.06. The number of ether oxygens (including phenoxy) is 1. The number of rotatable bonds is 4. The van der Waals surface area contributed by atoms with Crippen LogP contribution in [0, 0.1) is 0 Å². The summed E-state index contributed by atoms with van der Waals surface area (Å²) in [5, 5.41) is 13.1. The van der Waals surface area contributed by atoms with Crippen molar-refractivity contribution in [2.24, 2.45) is 0 Å². The maximum atomic E-state index is 12.1. The molecule has 0 saturated carbocycles. The van der Waals surface area contributed by atoms with Crippen LogP contribution in [0.4, 0.5) is 21.0 Å². The predicted molar refractivity (Wildman–Crippen MR) is 94.0 cm³/mol. The average Bonchev–Trinajstić information content (AvgIpc) is 3.13. The molecule has 3 rings (SSSR count). The lowest BCUT2D eigenvalue weighted by molar-refractivity contribution is 0.178. The van der Waals surface area contributed by atoms with E-state index in [1.807, 2.05) is 19.1 Å². The molecule has 26 heavy (non-hydrogen) atoms. The zero-order chi connectivity index (χ0) is 18.5. The lowest BCUT2D eigenvalue weighted by Gasteiger charge is -2.28. The highest BCUT2D eigenvalue weighted by Gasteiger charge is 2.23. The number of amides is 3. The van der Waals surface area contributed by atoms with Crippen molar-refractivity contribution in [2.45, 2.75) is 32.7 Å². The van der Waals surface area contributed by atoms with E-state index in [1.165, 1.54) is 7.11 Å². The Morgan fingerprint density at radius 3 is 2.85 bits per heavy atom. The van der Waals surface area contributed by atoms with Gasteiger partial charge in [0.05, 0.1) is 19.3 Å². The Kier molecular flexibility index (Phi) is 5.35. The molecular weight excluding hydrogens is 338 g/mol. The fourth-order valence-corrected chi connectivity index (χ4v) is 2.81. The summed E-state index contributed by atoms with van der Waals surface area (Å²) in [6.07, 6.45) is 1.95. The molecule has 0 aliphatic carbocycles. The quantitative estimate of drug-likeness (QED) is 0.868. The Hall–Kier alpha value is -3.10. The first-order chi connectivity index (χ1) is 12.6. The standard InChI is InChI=1S/C17H21N5O4/c1-3-14-20-21-15(26-14)10-18-16(23)19-12-6-7-13-11(9-12)5-4-8-22(13)17(24)25-2/h6-7,9H,3-5,8,10H2,1-2H3,(H2,18,19,23). The summed E-state index contributed by atoms with van der Waals surface area (Å²) < 4.78 is 10.2. The van der Waals surface area contributed by atoms with E-state index in [-0.39, 0.29) is 18.7 Å². The number of hydrogen-bond acceptors (Lipinski definition) is 6. The molecule has 0 radical (unpaired) electrons. The van der Waals surface area contributed by atoms with E-state index in [2.05, 4.69) is 20.8 Å². The fraction of sp³-hybridized carbons (Fsp3) is 0.412. The van der Waals surface area contributed by atoms with Gasteiger partial charge in [-0.1, -0.05) is 6.92 Å². The third-order valence-electron chi connectivity index (χ3n) is 4.06. The lowest BCUT2D eigenvalue weighted by Crippen LogP contribution is -2.35. The first-order valence-electron chi connectivity index (χ1n) is 8.45. The molecule has 1 aliphatic heterocycles. The molecule has 0 fully saturated rings. The molecule has 0 bridgehead atoms. The average molecular weight is 359 g/mol. The van der Waals surface area contributed by atoms with Crippen LogP contribution < -0.4 is 15.5 Å². The number of hydrogen-bond donors (Lipinski definition) is 2. The Bertz CT molecular complexity index is 804. The lowest BCUT2D eigenvalue weighted by atomic mass is 10.0. The molecule has 2 heterocycles. The molecule has 1 aromatic carbocycles. The van der Waals surface area contributed by atoms with E-state index in [1.54, 1.807) is 11.0 Å². The van der Waals surface area contributed by atoms with Crippen molar-refractivity contribution in [3.05, 3.63) is 35.5 Å². The van der Waals surface area contributed by atoms with Gasteiger partial charge in [-0.25, -0.2) is 9.59 Å². The SMILES string of the molecule is CCc1nnc(CNC(=O)Nc2ccc3c(c2)CCCN3C(=O)OC)o1. The molecule has 138 valence electrons. The molecule has 9 heteroatoms. The van der Waals surface area contributed by atoms with Gasteiger partial charge in [-0.05, 0) is 36.6 Å². The van der Waals surface area contributed by atoms with Gasteiger partial charge in [-0.15, -0.1) is 10.2 Å². The fourth-order valence-electron chi connectivity index (χ4n) is 2.81. The van der Waals surface area contributed by atoms with E-state index < -0.39 is 0 Å². The highest BCUT2D eigenvalue weighted by molar-refractivity contribution is 5.92. The normalized spacial score (nSPS) is 13.1. The molecular formula is C17H21N5O4. The number of methoxy groups -OCH3 is 1. The van der Waals surface area contributed by atoms with Crippen LogP contribution >= 0.6 is 0 Å². The summed E-state index contributed by atoms with van der Waals surface area (Å²) >= 11 is 0. The van der Waals surface area contributed by atoms with Gasteiger partial charge in [-0.3, -0.25) is 4.90 Å². The number of fused-ring (bicyclic) bond motifs is 1. The second-order valence-electron chi connectivity index (χ2n) is 5.82. The van der Waals surface area contributed by atoms with Crippen molar-refractivity contribution in [3.63, 3.8) is 0 Å². The van der Waals surface area contributed by atoms with E-state index in [0.717, 1.165) is 24.1 Å². The number of urea groups is 1. The maximum Gasteiger partial charge on any atom is 0.414 e. The highest BCUT2D eigenvalue weighted by Crippen LogP contribution is 2.30. The van der Waals surface area contributed by atoms with Gasteiger partial charge in [0.25, 0.3) is 0 Å². The Morgan fingerprint density at radius 2 is 2.12 bits per heavy atom. The zero-order valence-corrected chi connectivity index (χ0v) is 14.7. The molecule has 0 atom stereocenters. The van der Waals surface area contributed by atoms with Crippen LogP contribution in [0.3, 0.4) is 0 Å². The van der Waals surface area contributed by atoms with Crippen molar-refractivity contribution in [1.82, 2.24) is 15.5 Å². The highest BCUT2D eigenvalue weighted by atomic mass is 16.5. The van der Waals surface area contributed by atoms with Crippen molar-refractivity contribution >= 4 is 23.5 Å². The predicted octanol–water partition coefficient (Wildman–Crippen LogP) is 2.47. The number of nitrogens with zero attached hydrogens (tertiary/aromatic N) is 3. The van der Waals surface area contributed by atoms with Gasteiger partial charge in [0.2, 0.25) is 11.8 Å². The number of nitrogens with one attached hydrogen (secondary N) is 2. The summed E-state index contributed by atoms with van der Waals surface area (Å²) in [6.45, 7) is 2.69. The topological polar surface area (TPSA) is 110 Å². The number of carbonyl (C=O) groups is 2. The second-order valence-corrected chi connectivity index (χ2v) is 5.82. The minimum absolute atomic E-state index is 0.153. The first kappa shape index (κ1) is 17.7. The van der Waals surface area contributed by atoms with E-state index in [9.17, 15) is 9.59 Å². The van der Waals surface area contributed by atoms with Crippen molar-refractivity contribution < 1.29 is 18.7 Å². The van der Waals surface area contributed by atoms with Gasteiger partial charge >= 0.3 is 12.1 Å². The number of aryl methyl sites for hydroxylation is 2. The van der Waals surface area contributed by atoms with E-state index >= 15 is 0 Å². The van der Waals surface area contributed by atoms with Crippen LogP contribution in [0.5, 0.6) is 0 Å². The molecule has 9 nitrogen and oxygen atoms in total. The molecule has 0 unspecified atom stereocenters. The molecule has 2 N–H and O–H groups in total. The van der Waals surface area contributed by atoms with Crippen LogP contribution in [0.25, 0.3) is 0 Å². The number of carbonyl (C=O) groups excluding carboxylic acids is 2. The van der Waals surface area contributed by atoms with Crippen molar-refractivity contribution in [1.29, 1.82) is 0 Å². The van der Waals surface area contributed by atoms with Crippen LogP contribution in [-0.2, 0) is 24.1 Å². The Labute approximate surface area is 150 Å². The number of anilines is 2. The van der Waals surface area contributed by atoms with Gasteiger partial charge in [0.1, 0.15) is 0 Å². The van der Waals surface area contributed by atoms with Crippen molar-refractivity contribution in [2.75, 3.05) is 23.9 Å². The monoisotopic (exact) mass is 359 g/mol. The Morgan fingerprint density at radius 1 is 1.31 bits per heavy atom. The minimum Gasteiger partial charge on any atom is -0.452 e. The van der Waals surface area contributed by atoms with Gasteiger partial charge in [-0.2, -0.15) is 0 Å². The van der Waals surface area contributed by atoms with Gasteiger partial charge in [0, 0.05) is 18.7 Å². The van der Waals surface area contributed by atoms with Crippen LogP contribution in [0.2, 0.25) is 0 Å². The summed E-state index contributed by atoms with van der Waals surface area (Å²) in [5.74, 6) is 0.892. The van der Waals surface area contributed by atoms with Crippen LogP contribution in [-0.4, -0.2) is 36.0 Å². The molecule has 0 saturated heterocycles. The molecule has 1 aliphatic rings. The second kappa shape index (κ2) is 7.85. The summed E-state index contributed by atoms with van der Waals surface area (Å²) in [4.78, 5) is 25.5. The number of aromatic nitrogens is 2. The van der Waals surface area contributed by atoms with Gasteiger partial charge in [0.15, 0.2) is 0 Å². The van der Waals surface area contributed by atoms with E-state index in [0.29, 0.717) is 30.4 Å². The first-order valence-corrected chi connectivity index (χ1v) is 8.45. The van der Waals surface area contributed by atoms with Gasteiger partial charge < -0.3 is 19.8 Å². The molecule has 0 spiro atoms. The largest absolute Gasteiger partial charge is 0.452 e. The number of benzene rings is 1. The molecule has 1 aromatic heterocycles. The van der Waals surface area contributed by atoms with Crippen molar-refractivity contribution in [3.8, 4) is 0 Å². The van der Waals surface area contributed by atoms with Crippen LogP contribution in [0.15, 0.2) is 22.6 Å². The van der Waals surface area contributed by atoms with E-state index in [4.69, 9.17) is 9.15 Å². The smallest absolute Gasteiger partial charge is 0.414 e. The van der Waals surface area contributed by atoms with Crippen LogP contribution in [0.1, 0.15) is 30.7 Å². The maximum absolute atomic E-state index is 12.1. The molecule has 3 amide bonds. The third kappa shape index (κ3) is 3.93. The summed E-state index contributed by atoms with van der Waals surface area (Å²) in [5.41, 5.74) is 2.45. The molecule has 2 aromatic rings. The summed E-state index contributed by atoms with van der Waals surface area (Å²) in [7, 11) is 1.36. The zero-order valence-electron chi connectivity index (χ0n) is 14.7. The third-order valence-corrected chi connectivity index (χ3v) is 4.06. The minimum atomic E-state index is -0.379.